The molecule has 19 heavy (non-hydrogen) atoms. The van der Waals surface area contributed by atoms with Gasteiger partial charge in [-0.15, -0.1) is 0 Å². The molecule has 0 amide bonds. The first kappa shape index (κ1) is 12.1. The van der Waals surface area contributed by atoms with Crippen molar-refractivity contribution < 1.29 is 9.18 Å². The molecular weight excluding hydrogens is 307 g/mol. The van der Waals surface area contributed by atoms with Gasteiger partial charge >= 0.3 is 0 Å². The van der Waals surface area contributed by atoms with Crippen LogP contribution in [0.1, 0.15) is 24.8 Å². The van der Waals surface area contributed by atoms with Gasteiger partial charge in [0.05, 0.1) is 0 Å². The zero-order valence-corrected chi connectivity index (χ0v) is 12.2. The molecule has 3 fully saturated rings. The van der Waals surface area contributed by atoms with Gasteiger partial charge in [-0.2, -0.15) is 0 Å². The Bertz CT molecular complexity index is 540. The van der Waals surface area contributed by atoms with Crippen molar-refractivity contribution >= 4 is 21.7 Å². The first-order valence-corrected chi connectivity index (χ1v) is 7.91. The van der Waals surface area contributed by atoms with Gasteiger partial charge in [0, 0.05) is 16.8 Å². The lowest BCUT2D eigenvalue weighted by Crippen LogP contribution is -2.13. The summed E-state index contributed by atoms with van der Waals surface area (Å²) in [6.45, 7) is 0. The Hall–Kier alpha value is -0.700. The smallest absolute Gasteiger partial charge is 0.141 e. The van der Waals surface area contributed by atoms with E-state index in [9.17, 15) is 9.18 Å². The minimum atomic E-state index is -0.259. The van der Waals surface area contributed by atoms with Gasteiger partial charge in [-0.05, 0) is 66.7 Å². The van der Waals surface area contributed by atoms with Gasteiger partial charge in [0.25, 0.3) is 0 Å². The third-order valence-electron chi connectivity index (χ3n) is 5.48. The number of hydrogen-bond donors (Lipinski definition) is 0. The van der Waals surface area contributed by atoms with Gasteiger partial charge in [-0.25, -0.2) is 4.39 Å². The van der Waals surface area contributed by atoms with Crippen LogP contribution in [-0.2, 0) is 11.2 Å². The summed E-state index contributed by atoms with van der Waals surface area (Å²) in [5.41, 5.74) is 0.539. The molecule has 3 saturated carbocycles. The normalized spacial score (nSPS) is 38.3. The Morgan fingerprint density at radius 3 is 2.63 bits per heavy atom. The van der Waals surface area contributed by atoms with Crippen LogP contribution in [0.5, 0.6) is 0 Å². The van der Waals surface area contributed by atoms with Crippen LogP contribution in [0.4, 0.5) is 4.39 Å². The molecule has 3 heteroatoms. The van der Waals surface area contributed by atoms with Crippen molar-refractivity contribution in [2.45, 2.75) is 25.7 Å². The number of ketones is 1. The van der Waals surface area contributed by atoms with Crippen molar-refractivity contribution in [1.82, 2.24) is 0 Å². The van der Waals surface area contributed by atoms with Crippen molar-refractivity contribution in [2.75, 3.05) is 0 Å². The molecule has 1 aromatic carbocycles. The van der Waals surface area contributed by atoms with E-state index < -0.39 is 0 Å². The van der Waals surface area contributed by atoms with Gasteiger partial charge < -0.3 is 0 Å². The lowest BCUT2D eigenvalue weighted by atomic mass is 9.96. The highest BCUT2D eigenvalue weighted by Gasteiger charge is 2.66. The number of Topliss-reactive ketones (excluding diaryl/α,β-unsaturated/α-hetero) is 1. The summed E-state index contributed by atoms with van der Waals surface area (Å²) in [6.07, 6.45) is 4.26. The molecule has 2 bridgehead atoms. The van der Waals surface area contributed by atoms with E-state index in [1.54, 1.807) is 12.1 Å². The summed E-state index contributed by atoms with van der Waals surface area (Å²) in [6, 6.07) is 4.85. The molecule has 0 aromatic heterocycles. The predicted molar refractivity (Wildman–Crippen MR) is 74.1 cm³/mol. The Morgan fingerprint density at radius 2 is 1.95 bits per heavy atom. The zero-order valence-electron chi connectivity index (χ0n) is 10.6. The number of fused-ring (bicyclic) bond motifs is 5. The average molecular weight is 323 g/mol. The maximum absolute atomic E-state index is 13.7. The SMILES string of the molecule is O=C(Cc1cc(Br)ccc1F)C1C2C3CCC(C3)C12. The lowest BCUT2D eigenvalue weighted by Gasteiger charge is -2.08. The Labute approximate surface area is 120 Å². The van der Waals surface area contributed by atoms with E-state index in [1.807, 2.05) is 0 Å². The third-order valence-corrected chi connectivity index (χ3v) is 5.97. The Kier molecular flexibility index (Phi) is 2.63. The maximum atomic E-state index is 13.7. The molecule has 0 heterocycles. The van der Waals surface area contributed by atoms with E-state index in [1.165, 1.54) is 25.3 Å². The summed E-state index contributed by atoms with van der Waals surface area (Å²) in [7, 11) is 0. The standard InChI is InChI=1S/C16H16BrFO/c17-11-3-4-12(18)10(6-11)7-13(19)16-14-8-1-2-9(5-8)15(14)16/h3-4,6,8-9,14-16H,1-2,5,7H2. The summed E-state index contributed by atoms with van der Waals surface area (Å²) in [4.78, 5) is 12.4. The minimum Gasteiger partial charge on any atom is -0.299 e. The molecule has 4 rings (SSSR count). The van der Waals surface area contributed by atoms with E-state index in [-0.39, 0.29) is 23.9 Å². The number of carbonyl (C=O) groups is 1. The molecule has 1 nitrogen and oxygen atoms in total. The molecule has 0 saturated heterocycles. The van der Waals surface area contributed by atoms with Gasteiger partial charge in [0.2, 0.25) is 0 Å². The highest BCUT2D eigenvalue weighted by Crippen LogP contribution is 2.69. The Balaban J connectivity index is 1.50. The van der Waals surface area contributed by atoms with Crippen LogP contribution in [0, 0.1) is 35.4 Å². The quantitative estimate of drug-likeness (QED) is 0.822. The molecule has 0 radical (unpaired) electrons. The van der Waals surface area contributed by atoms with Crippen molar-refractivity contribution in [3.05, 3.63) is 34.1 Å². The molecule has 1 aromatic rings. The monoisotopic (exact) mass is 322 g/mol. The number of carbonyl (C=O) groups excluding carboxylic acids is 1. The number of rotatable bonds is 3. The highest BCUT2D eigenvalue weighted by atomic mass is 79.9. The topological polar surface area (TPSA) is 17.1 Å². The minimum absolute atomic E-state index is 0.254. The van der Waals surface area contributed by atoms with Gasteiger partial charge in [-0.3, -0.25) is 4.79 Å². The summed E-state index contributed by atoms with van der Waals surface area (Å²) in [5, 5.41) is 0. The molecular formula is C16H16BrFO. The number of benzene rings is 1. The van der Waals surface area contributed by atoms with Gasteiger partial charge in [0.1, 0.15) is 11.6 Å². The van der Waals surface area contributed by atoms with Gasteiger partial charge in [0.15, 0.2) is 0 Å². The van der Waals surface area contributed by atoms with Crippen LogP contribution in [-0.4, -0.2) is 5.78 Å². The molecule has 4 atom stereocenters. The fraction of sp³-hybridized carbons (Fsp3) is 0.562. The van der Waals surface area contributed by atoms with E-state index in [2.05, 4.69) is 15.9 Å². The fourth-order valence-electron chi connectivity index (χ4n) is 4.74. The second kappa shape index (κ2) is 4.15. The average Bonchev–Trinajstić information content (AvgIpc) is 2.83. The van der Waals surface area contributed by atoms with Crippen molar-refractivity contribution in [1.29, 1.82) is 0 Å². The van der Waals surface area contributed by atoms with Crippen molar-refractivity contribution in [3.8, 4) is 0 Å². The first-order chi connectivity index (χ1) is 9.15. The Morgan fingerprint density at radius 1 is 1.26 bits per heavy atom. The van der Waals surface area contributed by atoms with E-state index >= 15 is 0 Å². The third kappa shape index (κ3) is 1.81. The van der Waals surface area contributed by atoms with Crippen LogP contribution in [0.25, 0.3) is 0 Å². The number of halogens is 2. The molecule has 100 valence electrons. The van der Waals surface area contributed by atoms with Gasteiger partial charge in [-0.1, -0.05) is 15.9 Å². The summed E-state index contributed by atoms with van der Waals surface area (Å²) in [5.74, 6) is 3.18. The largest absolute Gasteiger partial charge is 0.299 e. The first-order valence-electron chi connectivity index (χ1n) is 7.12. The van der Waals surface area contributed by atoms with Crippen LogP contribution in [0.3, 0.4) is 0 Å². The predicted octanol–water partition coefficient (Wildman–Crippen LogP) is 3.99. The van der Waals surface area contributed by atoms with Crippen LogP contribution in [0.15, 0.2) is 22.7 Å². The van der Waals surface area contributed by atoms with E-state index in [0.717, 1.165) is 16.3 Å². The summed E-state index contributed by atoms with van der Waals surface area (Å²) >= 11 is 3.34. The summed E-state index contributed by atoms with van der Waals surface area (Å²) < 4.78 is 14.5. The molecule has 0 spiro atoms. The van der Waals surface area contributed by atoms with Crippen molar-refractivity contribution in [2.24, 2.45) is 29.6 Å². The highest BCUT2D eigenvalue weighted by molar-refractivity contribution is 9.10. The molecule has 0 N–H and O–H groups in total. The van der Waals surface area contributed by atoms with Crippen molar-refractivity contribution in [3.63, 3.8) is 0 Å². The number of hydrogen-bond acceptors (Lipinski definition) is 1. The van der Waals surface area contributed by atoms with E-state index in [4.69, 9.17) is 0 Å². The molecule has 3 aliphatic rings. The molecule has 4 unspecified atom stereocenters. The fourth-order valence-corrected chi connectivity index (χ4v) is 5.15. The lowest BCUT2D eigenvalue weighted by molar-refractivity contribution is -0.120. The van der Waals surface area contributed by atoms with Crippen LogP contribution in [0.2, 0.25) is 0 Å². The maximum Gasteiger partial charge on any atom is 0.141 e. The zero-order chi connectivity index (χ0) is 13.1. The second-order valence-corrected chi connectivity index (χ2v) is 7.31. The van der Waals surface area contributed by atoms with Crippen LogP contribution >= 0.6 is 15.9 Å². The molecule has 0 aliphatic heterocycles. The second-order valence-electron chi connectivity index (χ2n) is 6.39. The molecule has 3 aliphatic carbocycles. The van der Waals surface area contributed by atoms with Crippen LogP contribution < -0.4 is 0 Å². The van der Waals surface area contributed by atoms with E-state index in [0.29, 0.717) is 17.4 Å².